The second kappa shape index (κ2) is 9.24. The number of nitriles is 1. The van der Waals surface area contributed by atoms with Crippen LogP contribution in [0.3, 0.4) is 0 Å². The van der Waals surface area contributed by atoms with Crippen LogP contribution in [0.4, 0.5) is 5.69 Å². The molecule has 0 bridgehead atoms. The molecule has 6 aromatic carbocycles. The number of para-hydroxylation sites is 2. The second-order valence-electron chi connectivity index (χ2n) is 10.5. The fraction of sp³-hybridized carbons (Fsp3) is 0. The molecule has 0 aliphatic heterocycles. The lowest BCUT2D eigenvalue weighted by Gasteiger charge is -2.12. The fourth-order valence-corrected chi connectivity index (χ4v) is 6.28. The quantitative estimate of drug-likeness (QED) is 0.208. The van der Waals surface area contributed by atoms with Crippen molar-refractivity contribution in [3.8, 4) is 28.6 Å². The number of nitrogens with zero attached hydrogens (tertiary/aromatic N) is 4. The van der Waals surface area contributed by atoms with Crippen molar-refractivity contribution in [2.45, 2.75) is 0 Å². The Balaban J connectivity index is 1.35. The molecule has 0 spiro atoms. The van der Waals surface area contributed by atoms with Crippen molar-refractivity contribution in [2.75, 3.05) is 0 Å². The van der Waals surface area contributed by atoms with Crippen molar-refractivity contribution < 1.29 is 0 Å². The van der Waals surface area contributed by atoms with Crippen molar-refractivity contribution in [3.63, 3.8) is 0 Å². The predicted octanol–water partition coefficient (Wildman–Crippen LogP) is 9.97. The highest BCUT2D eigenvalue weighted by atomic mass is 15.0. The summed E-state index contributed by atoms with van der Waals surface area (Å²) in [5, 5.41) is 14.1. The molecule has 8 aromatic rings. The van der Waals surface area contributed by atoms with E-state index in [9.17, 15) is 5.26 Å². The van der Waals surface area contributed by atoms with Crippen LogP contribution in [0, 0.1) is 17.9 Å². The van der Waals surface area contributed by atoms with Gasteiger partial charge in [-0.15, -0.1) is 0 Å². The number of hydrogen-bond donors (Lipinski definition) is 0. The summed E-state index contributed by atoms with van der Waals surface area (Å²) in [4.78, 5) is 3.67. The summed E-state index contributed by atoms with van der Waals surface area (Å²) in [6.45, 7) is 7.54. The number of hydrogen-bond acceptors (Lipinski definition) is 1. The third-order valence-corrected chi connectivity index (χ3v) is 8.13. The van der Waals surface area contributed by atoms with Gasteiger partial charge in [0.15, 0.2) is 5.69 Å². The van der Waals surface area contributed by atoms with E-state index in [2.05, 4.69) is 111 Å². The molecule has 0 unspecified atom stereocenters. The summed E-state index contributed by atoms with van der Waals surface area (Å²) in [5.41, 5.74) is 9.93. The van der Waals surface area contributed by atoms with Crippen LogP contribution in [0.25, 0.3) is 71.0 Å². The van der Waals surface area contributed by atoms with E-state index < -0.39 is 0 Å². The van der Waals surface area contributed by atoms with E-state index in [1.165, 1.54) is 10.8 Å². The first-order valence-corrected chi connectivity index (χ1v) is 13.8. The number of fused-ring (bicyclic) bond motifs is 6. The van der Waals surface area contributed by atoms with Gasteiger partial charge in [0, 0.05) is 32.9 Å². The van der Waals surface area contributed by atoms with Gasteiger partial charge in [-0.25, -0.2) is 4.85 Å². The maximum absolute atomic E-state index is 9.52. The van der Waals surface area contributed by atoms with Crippen LogP contribution >= 0.6 is 0 Å². The van der Waals surface area contributed by atoms with Gasteiger partial charge in [0.25, 0.3) is 0 Å². The third-order valence-electron chi connectivity index (χ3n) is 8.13. The lowest BCUT2D eigenvalue weighted by atomic mass is 10.0. The van der Waals surface area contributed by atoms with Crippen molar-refractivity contribution in [2.24, 2.45) is 0 Å². The molecule has 0 aliphatic carbocycles. The summed E-state index contributed by atoms with van der Waals surface area (Å²) < 4.78 is 4.53. The van der Waals surface area contributed by atoms with E-state index in [1.54, 1.807) is 0 Å². The number of aromatic nitrogens is 2. The van der Waals surface area contributed by atoms with Crippen molar-refractivity contribution in [1.29, 1.82) is 5.26 Å². The summed E-state index contributed by atoms with van der Waals surface area (Å²) >= 11 is 0. The van der Waals surface area contributed by atoms with E-state index in [4.69, 9.17) is 6.57 Å². The maximum atomic E-state index is 9.52. The Morgan fingerprint density at radius 2 is 1.12 bits per heavy atom. The summed E-state index contributed by atoms with van der Waals surface area (Å²) in [7, 11) is 0. The van der Waals surface area contributed by atoms with Crippen LogP contribution in [0.5, 0.6) is 0 Å². The van der Waals surface area contributed by atoms with Crippen LogP contribution in [-0.2, 0) is 0 Å². The Hall–Kier alpha value is -6.10. The molecular formula is C38H22N4. The number of benzene rings is 6. The second-order valence-corrected chi connectivity index (χ2v) is 10.5. The van der Waals surface area contributed by atoms with Gasteiger partial charge in [0.2, 0.25) is 0 Å². The molecule has 8 rings (SSSR count). The lowest BCUT2D eigenvalue weighted by molar-refractivity contribution is 1.18. The standard InChI is InChI=1S/C38H22N4/c1-40-28-9-7-11-30(23-28)42-35-14-4-2-12-31(35)33-18-17-27(22-38(33)42)26-8-6-10-29(21-26)41-36-15-5-3-13-32(36)34-20-25(24-39)16-19-37(34)41/h2-23H. The lowest BCUT2D eigenvalue weighted by Crippen LogP contribution is -1.95. The van der Waals surface area contributed by atoms with Crippen molar-refractivity contribution >= 4 is 49.3 Å². The fourth-order valence-electron chi connectivity index (χ4n) is 6.28. The molecule has 0 saturated heterocycles. The van der Waals surface area contributed by atoms with Gasteiger partial charge in [0.1, 0.15) is 0 Å². The molecule has 4 nitrogen and oxygen atoms in total. The molecule has 42 heavy (non-hydrogen) atoms. The molecule has 0 aliphatic rings. The Bertz CT molecular complexity index is 2440. The topological polar surface area (TPSA) is 38.0 Å². The SMILES string of the molecule is [C-]#[N+]c1cccc(-n2c3ccccc3c3ccc(-c4cccc(-n5c6ccccc6c6cc(C#N)ccc65)c4)cc32)c1. The molecule has 2 heterocycles. The zero-order valence-electron chi connectivity index (χ0n) is 22.5. The summed E-state index contributed by atoms with van der Waals surface area (Å²) in [6.07, 6.45) is 0. The first-order valence-electron chi connectivity index (χ1n) is 13.8. The van der Waals surface area contributed by atoms with Gasteiger partial charge < -0.3 is 9.13 Å². The van der Waals surface area contributed by atoms with Gasteiger partial charge in [0.05, 0.1) is 40.3 Å². The third kappa shape index (κ3) is 3.53. The first-order chi connectivity index (χ1) is 20.7. The Morgan fingerprint density at radius 3 is 1.88 bits per heavy atom. The van der Waals surface area contributed by atoms with Gasteiger partial charge in [-0.1, -0.05) is 72.8 Å². The van der Waals surface area contributed by atoms with Crippen LogP contribution in [0.15, 0.2) is 133 Å². The first kappa shape index (κ1) is 23.8. The molecule has 0 amide bonds. The summed E-state index contributed by atoms with van der Waals surface area (Å²) in [5.74, 6) is 0. The minimum Gasteiger partial charge on any atom is -0.310 e. The van der Waals surface area contributed by atoms with Gasteiger partial charge in [-0.2, -0.15) is 5.26 Å². The molecule has 4 heteroatoms. The highest BCUT2D eigenvalue weighted by Crippen LogP contribution is 2.37. The van der Waals surface area contributed by atoms with Crippen LogP contribution in [0.2, 0.25) is 0 Å². The molecule has 0 atom stereocenters. The van der Waals surface area contributed by atoms with E-state index in [-0.39, 0.29) is 0 Å². The molecule has 0 N–H and O–H groups in total. The highest BCUT2D eigenvalue weighted by Gasteiger charge is 2.16. The highest BCUT2D eigenvalue weighted by molar-refractivity contribution is 6.11. The van der Waals surface area contributed by atoms with Crippen LogP contribution in [-0.4, -0.2) is 9.13 Å². The predicted molar refractivity (Wildman–Crippen MR) is 172 cm³/mol. The van der Waals surface area contributed by atoms with E-state index >= 15 is 0 Å². The molecular weight excluding hydrogens is 512 g/mol. The van der Waals surface area contributed by atoms with Gasteiger partial charge in [-0.3, -0.25) is 0 Å². The minimum atomic E-state index is 0.621. The minimum absolute atomic E-state index is 0.621. The van der Waals surface area contributed by atoms with Crippen LogP contribution in [0.1, 0.15) is 5.56 Å². The zero-order chi connectivity index (χ0) is 28.2. The molecule has 2 aromatic heterocycles. The smallest absolute Gasteiger partial charge is 0.189 e. The average molecular weight is 535 g/mol. The molecule has 0 saturated carbocycles. The van der Waals surface area contributed by atoms with E-state index in [1.807, 2.05) is 42.5 Å². The summed E-state index contributed by atoms with van der Waals surface area (Å²) in [6, 6.07) is 48.1. The maximum Gasteiger partial charge on any atom is 0.189 e. The van der Waals surface area contributed by atoms with Crippen molar-refractivity contribution in [3.05, 3.63) is 150 Å². The van der Waals surface area contributed by atoms with Gasteiger partial charge in [-0.05, 0) is 71.8 Å². The monoisotopic (exact) mass is 534 g/mol. The largest absolute Gasteiger partial charge is 0.310 e. The Kier molecular flexibility index (Phi) is 5.22. The van der Waals surface area contributed by atoms with Crippen LogP contribution < -0.4 is 0 Å². The van der Waals surface area contributed by atoms with E-state index in [0.717, 1.165) is 55.3 Å². The van der Waals surface area contributed by atoms with Crippen molar-refractivity contribution in [1.82, 2.24) is 9.13 Å². The number of rotatable bonds is 3. The molecule has 194 valence electrons. The molecule has 0 radical (unpaired) electrons. The zero-order valence-corrected chi connectivity index (χ0v) is 22.5. The van der Waals surface area contributed by atoms with E-state index in [0.29, 0.717) is 11.3 Å². The normalized spacial score (nSPS) is 11.3. The Morgan fingerprint density at radius 1 is 0.500 bits per heavy atom. The van der Waals surface area contributed by atoms with Gasteiger partial charge >= 0.3 is 0 Å². The molecule has 0 fully saturated rings. The average Bonchev–Trinajstić information content (AvgIpc) is 3.57. The Labute approximate surface area is 242 Å².